The molecule has 1 atom stereocenters. The maximum Gasteiger partial charge on any atom is 0.190 e. The second kappa shape index (κ2) is 12.2. The van der Waals surface area contributed by atoms with Crippen LogP contribution in [0.5, 0.6) is 0 Å². The summed E-state index contributed by atoms with van der Waals surface area (Å²) in [6.45, 7) is 5.27. The van der Waals surface area contributed by atoms with Gasteiger partial charge in [-0.25, -0.2) is 0 Å². The summed E-state index contributed by atoms with van der Waals surface area (Å²) in [7, 11) is 6.02. The summed E-state index contributed by atoms with van der Waals surface area (Å²) in [6.07, 6.45) is 2.25. The highest BCUT2D eigenvalue weighted by Crippen LogP contribution is 2.13. The van der Waals surface area contributed by atoms with Crippen molar-refractivity contribution in [1.82, 2.24) is 15.5 Å². The zero-order valence-electron chi connectivity index (χ0n) is 13.6. The summed E-state index contributed by atoms with van der Waals surface area (Å²) in [5.74, 6) is 1.51. The van der Waals surface area contributed by atoms with Gasteiger partial charge in [-0.05, 0) is 50.8 Å². The maximum absolute atomic E-state index is 4.26. The van der Waals surface area contributed by atoms with E-state index in [4.69, 9.17) is 0 Å². The normalized spacial score (nSPS) is 12.9. The van der Waals surface area contributed by atoms with Gasteiger partial charge < -0.3 is 15.5 Å². The molecular weight excluding hydrogens is 395 g/mol. The average Bonchev–Trinajstić information content (AvgIpc) is 2.90. The quantitative estimate of drug-likeness (QED) is 0.292. The fraction of sp³-hybridized carbons (Fsp3) is 0.667. The first kappa shape index (κ1) is 20.7. The Kier molecular flexibility index (Phi) is 12.0. The van der Waals surface area contributed by atoms with Crippen LogP contribution in [0.1, 0.15) is 18.2 Å². The molecule has 0 fully saturated rings. The number of hydrogen-bond acceptors (Lipinski definition) is 3. The average molecular weight is 424 g/mol. The van der Waals surface area contributed by atoms with Crippen LogP contribution in [0.15, 0.2) is 22.5 Å². The zero-order valence-corrected chi connectivity index (χ0v) is 16.7. The molecule has 2 N–H and O–H groups in total. The van der Waals surface area contributed by atoms with Gasteiger partial charge >= 0.3 is 0 Å². The number of guanidine groups is 1. The van der Waals surface area contributed by atoms with Gasteiger partial charge in [-0.3, -0.25) is 4.99 Å². The predicted molar refractivity (Wildman–Crippen MR) is 105 cm³/mol. The molecule has 0 spiro atoms. The SMILES string of the molecule is CN=C(NCCCN(C)C)NCC(C)Cc1cccs1.I. The zero-order chi connectivity index (χ0) is 14.8. The molecular formula is C15H29IN4S. The van der Waals surface area contributed by atoms with Crippen LogP contribution in [0.4, 0.5) is 0 Å². The van der Waals surface area contributed by atoms with Crippen LogP contribution in [-0.4, -0.2) is 51.6 Å². The van der Waals surface area contributed by atoms with Crippen molar-refractivity contribution in [3.63, 3.8) is 0 Å². The number of rotatable bonds is 8. The molecule has 1 unspecified atom stereocenters. The Bertz CT molecular complexity index is 379. The number of hydrogen-bond donors (Lipinski definition) is 2. The molecule has 0 bridgehead atoms. The first-order valence-electron chi connectivity index (χ1n) is 7.23. The van der Waals surface area contributed by atoms with Crippen LogP contribution >= 0.6 is 35.3 Å². The van der Waals surface area contributed by atoms with Crippen molar-refractivity contribution in [3.8, 4) is 0 Å². The van der Waals surface area contributed by atoms with E-state index in [0.29, 0.717) is 5.92 Å². The summed E-state index contributed by atoms with van der Waals surface area (Å²) in [5, 5.41) is 8.89. The fourth-order valence-corrected chi connectivity index (χ4v) is 2.81. The lowest BCUT2D eigenvalue weighted by molar-refractivity contribution is 0.399. The minimum atomic E-state index is 0. The van der Waals surface area contributed by atoms with Gasteiger partial charge in [0.25, 0.3) is 0 Å². The number of thiophene rings is 1. The smallest absolute Gasteiger partial charge is 0.190 e. The van der Waals surface area contributed by atoms with Crippen LogP contribution in [0.2, 0.25) is 0 Å². The molecule has 4 nitrogen and oxygen atoms in total. The predicted octanol–water partition coefficient (Wildman–Crippen LogP) is 2.66. The van der Waals surface area contributed by atoms with Gasteiger partial charge in [0, 0.05) is 25.0 Å². The lowest BCUT2D eigenvalue weighted by atomic mass is 10.1. The van der Waals surface area contributed by atoms with E-state index in [0.717, 1.165) is 38.4 Å². The molecule has 122 valence electrons. The Hall–Kier alpha value is -0.340. The molecule has 0 aliphatic carbocycles. The van der Waals surface area contributed by atoms with Crippen molar-refractivity contribution in [2.75, 3.05) is 40.8 Å². The second-order valence-corrected chi connectivity index (χ2v) is 6.46. The van der Waals surface area contributed by atoms with E-state index in [9.17, 15) is 0 Å². The van der Waals surface area contributed by atoms with E-state index < -0.39 is 0 Å². The minimum Gasteiger partial charge on any atom is -0.356 e. The fourth-order valence-electron chi connectivity index (χ4n) is 1.94. The molecule has 0 aromatic carbocycles. The number of nitrogens with one attached hydrogen (secondary N) is 2. The van der Waals surface area contributed by atoms with Gasteiger partial charge in [-0.1, -0.05) is 13.0 Å². The van der Waals surface area contributed by atoms with Crippen molar-refractivity contribution in [2.45, 2.75) is 19.8 Å². The van der Waals surface area contributed by atoms with E-state index in [1.54, 1.807) is 0 Å². The van der Waals surface area contributed by atoms with E-state index in [1.165, 1.54) is 4.88 Å². The molecule has 1 heterocycles. The monoisotopic (exact) mass is 424 g/mol. The molecule has 1 rings (SSSR count). The Morgan fingerprint density at radius 1 is 1.38 bits per heavy atom. The van der Waals surface area contributed by atoms with E-state index >= 15 is 0 Å². The second-order valence-electron chi connectivity index (χ2n) is 5.43. The molecule has 1 aromatic heterocycles. The molecule has 6 heteroatoms. The molecule has 0 saturated heterocycles. The van der Waals surface area contributed by atoms with Gasteiger partial charge in [-0.2, -0.15) is 0 Å². The van der Waals surface area contributed by atoms with E-state index in [1.807, 2.05) is 18.4 Å². The highest BCUT2D eigenvalue weighted by Gasteiger charge is 2.05. The summed E-state index contributed by atoms with van der Waals surface area (Å²) in [6, 6.07) is 4.32. The lowest BCUT2D eigenvalue weighted by Gasteiger charge is -2.16. The number of nitrogens with zero attached hydrogens (tertiary/aromatic N) is 2. The molecule has 0 radical (unpaired) electrons. The number of aliphatic imine (C=N–C) groups is 1. The maximum atomic E-state index is 4.26. The largest absolute Gasteiger partial charge is 0.356 e. The minimum absolute atomic E-state index is 0. The lowest BCUT2D eigenvalue weighted by Crippen LogP contribution is -2.40. The van der Waals surface area contributed by atoms with Gasteiger partial charge in [0.1, 0.15) is 0 Å². The third kappa shape index (κ3) is 10.1. The van der Waals surface area contributed by atoms with Crippen molar-refractivity contribution in [1.29, 1.82) is 0 Å². The van der Waals surface area contributed by atoms with Crippen LogP contribution in [0, 0.1) is 5.92 Å². The van der Waals surface area contributed by atoms with E-state index in [2.05, 4.69) is 59.1 Å². The van der Waals surface area contributed by atoms with Crippen LogP contribution in [-0.2, 0) is 6.42 Å². The Labute approximate surface area is 150 Å². The number of halogens is 1. The molecule has 0 amide bonds. The highest BCUT2D eigenvalue weighted by molar-refractivity contribution is 14.0. The van der Waals surface area contributed by atoms with Crippen molar-refractivity contribution in [3.05, 3.63) is 22.4 Å². The van der Waals surface area contributed by atoms with Crippen LogP contribution in [0.3, 0.4) is 0 Å². The summed E-state index contributed by atoms with van der Waals surface area (Å²) < 4.78 is 0. The molecule has 21 heavy (non-hydrogen) atoms. The molecule has 1 aromatic rings. The summed E-state index contributed by atoms with van der Waals surface area (Å²) >= 11 is 1.83. The van der Waals surface area contributed by atoms with Crippen molar-refractivity contribution < 1.29 is 0 Å². The van der Waals surface area contributed by atoms with Gasteiger partial charge in [0.2, 0.25) is 0 Å². The molecule has 0 saturated carbocycles. The highest BCUT2D eigenvalue weighted by atomic mass is 127. The first-order chi connectivity index (χ1) is 9.61. The van der Waals surface area contributed by atoms with Gasteiger partial charge in [0.15, 0.2) is 5.96 Å². The first-order valence-corrected chi connectivity index (χ1v) is 8.11. The van der Waals surface area contributed by atoms with E-state index in [-0.39, 0.29) is 24.0 Å². The van der Waals surface area contributed by atoms with Crippen LogP contribution in [0.25, 0.3) is 0 Å². The summed E-state index contributed by atoms with van der Waals surface area (Å²) in [5.41, 5.74) is 0. The van der Waals surface area contributed by atoms with Crippen molar-refractivity contribution in [2.24, 2.45) is 10.9 Å². The Morgan fingerprint density at radius 2 is 2.14 bits per heavy atom. The van der Waals surface area contributed by atoms with Crippen LogP contribution < -0.4 is 10.6 Å². The standard InChI is InChI=1S/C15H28N4S.HI/c1-13(11-14-7-5-10-20-14)12-18-15(16-2)17-8-6-9-19(3)4;/h5,7,10,13H,6,8-9,11-12H2,1-4H3,(H2,16,17,18);1H. The Balaban J connectivity index is 0.00000400. The topological polar surface area (TPSA) is 39.7 Å². The third-order valence-corrected chi connectivity index (χ3v) is 3.94. The Morgan fingerprint density at radius 3 is 2.71 bits per heavy atom. The van der Waals surface area contributed by atoms with Gasteiger partial charge in [0.05, 0.1) is 0 Å². The van der Waals surface area contributed by atoms with Gasteiger partial charge in [-0.15, -0.1) is 35.3 Å². The third-order valence-electron chi connectivity index (χ3n) is 3.05. The molecule has 0 aliphatic rings. The summed E-state index contributed by atoms with van der Waals surface area (Å²) in [4.78, 5) is 7.90. The van der Waals surface area contributed by atoms with Crippen molar-refractivity contribution >= 4 is 41.3 Å². The molecule has 0 aliphatic heterocycles.